The molecule has 0 bridgehead atoms. The molecule has 5 aliphatic rings. The van der Waals surface area contributed by atoms with Crippen LogP contribution in [0.4, 0.5) is 15.8 Å². The van der Waals surface area contributed by atoms with Gasteiger partial charge < -0.3 is 25.3 Å². The standard InChI is InChI=1S/C36H49FN8O4/c1-36(22-49-2)13-9-28-30(17-36)41-42-33(28)35(48)39-25-18-38-45(20-25)31-12-14-43(21-29(31)37)19-23-10-15-44(16-11-23)26-5-3-24(4-6-26)27-7-8-32(46)40-34(27)47/h3-6,18,20,23,27-31,41H,7-17,19,21-22H2,1-2H3,(H,39,48)(H,40,46,47)/t27?,28?,29-,30?,31-,36-/m0/s1. The number of hydrogen-bond acceptors (Lipinski definition) is 9. The molecule has 12 nitrogen and oxygen atoms in total. The second-order valence-corrected chi connectivity index (χ2v) is 15.1. The Morgan fingerprint density at radius 3 is 2.63 bits per heavy atom. The lowest BCUT2D eigenvalue weighted by atomic mass is 9.69. The zero-order valence-corrected chi connectivity index (χ0v) is 28.6. The second-order valence-electron chi connectivity index (χ2n) is 15.1. The average molecular weight is 677 g/mol. The molecule has 7 rings (SSSR count). The molecule has 13 heteroatoms. The van der Waals surface area contributed by atoms with E-state index in [-0.39, 0.29) is 47.1 Å². The fourth-order valence-electron chi connectivity index (χ4n) is 8.74. The third-order valence-corrected chi connectivity index (χ3v) is 11.5. The van der Waals surface area contributed by atoms with E-state index in [1.54, 1.807) is 24.2 Å². The molecule has 1 aromatic heterocycles. The number of piperidine rings is 3. The van der Waals surface area contributed by atoms with Crippen LogP contribution >= 0.6 is 0 Å². The van der Waals surface area contributed by atoms with E-state index in [4.69, 9.17) is 4.74 Å². The number of alkyl halides is 1. The van der Waals surface area contributed by atoms with Crippen molar-refractivity contribution in [1.29, 1.82) is 0 Å². The number of halogens is 1. The first kappa shape index (κ1) is 33.6. The van der Waals surface area contributed by atoms with Crippen LogP contribution in [0.3, 0.4) is 0 Å². The summed E-state index contributed by atoms with van der Waals surface area (Å²) in [6.45, 7) is 6.87. The summed E-state index contributed by atoms with van der Waals surface area (Å²) in [7, 11) is 1.73. The zero-order chi connectivity index (χ0) is 34.1. The van der Waals surface area contributed by atoms with Gasteiger partial charge in [0, 0.05) is 64.1 Å². The Balaban J connectivity index is 0.850. The van der Waals surface area contributed by atoms with Gasteiger partial charge in [0.2, 0.25) is 11.8 Å². The molecule has 3 N–H and O–H groups in total. The monoisotopic (exact) mass is 676 g/mol. The lowest BCUT2D eigenvalue weighted by Gasteiger charge is -2.39. The van der Waals surface area contributed by atoms with Crippen molar-refractivity contribution in [2.45, 2.75) is 82.5 Å². The molecule has 0 spiro atoms. The number of rotatable bonds is 9. The van der Waals surface area contributed by atoms with E-state index < -0.39 is 6.17 Å². The highest BCUT2D eigenvalue weighted by atomic mass is 19.1. The van der Waals surface area contributed by atoms with E-state index in [1.807, 2.05) is 12.1 Å². The highest BCUT2D eigenvalue weighted by Gasteiger charge is 2.44. The maximum atomic E-state index is 15.6. The van der Waals surface area contributed by atoms with Crippen molar-refractivity contribution < 1.29 is 23.5 Å². The highest BCUT2D eigenvalue weighted by molar-refractivity contribution is 6.44. The number of nitrogens with one attached hydrogen (secondary N) is 3. The summed E-state index contributed by atoms with van der Waals surface area (Å²) in [4.78, 5) is 41.6. The number of likely N-dealkylation sites (tertiary alicyclic amines) is 1. The Kier molecular flexibility index (Phi) is 9.74. The van der Waals surface area contributed by atoms with Crippen molar-refractivity contribution in [3.63, 3.8) is 0 Å². The molecule has 2 aromatic rings. The fraction of sp³-hybridized carbons (Fsp3) is 0.639. The first-order chi connectivity index (χ1) is 23.7. The number of ether oxygens (including phenoxy) is 1. The maximum absolute atomic E-state index is 15.6. The number of imide groups is 1. The van der Waals surface area contributed by atoms with Gasteiger partial charge in [-0.1, -0.05) is 19.1 Å². The number of methoxy groups -OCH3 is 1. The van der Waals surface area contributed by atoms with E-state index in [1.165, 1.54) is 0 Å². The molecule has 1 aromatic carbocycles. The minimum absolute atomic E-state index is 0.0742. The molecule has 6 atom stereocenters. The van der Waals surface area contributed by atoms with Gasteiger partial charge >= 0.3 is 0 Å². The number of hydrogen-bond donors (Lipinski definition) is 3. The van der Waals surface area contributed by atoms with Crippen molar-refractivity contribution in [1.82, 2.24) is 25.4 Å². The van der Waals surface area contributed by atoms with E-state index in [0.717, 1.165) is 69.5 Å². The Hall–Kier alpha value is -3.84. The number of benzene rings is 1. The van der Waals surface area contributed by atoms with Crippen LogP contribution in [0.15, 0.2) is 41.8 Å². The molecule has 264 valence electrons. The van der Waals surface area contributed by atoms with E-state index in [2.05, 4.69) is 55.1 Å². The molecule has 0 radical (unpaired) electrons. The Morgan fingerprint density at radius 2 is 1.90 bits per heavy atom. The minimum atomic E-state index is -1.05. The molecule has 49 heavy (non-hydrogen) atoms. The zero-order valence-electron chi connectivity index (χ0n) is 28.6. The predicted octanol–water partition coefficient (Wildman–Crippen LogP) is 3.62. The number of nitrogens with zero attached hydrogens (tertiary/aromatic N) is 5. The molecule has 1 saturated carbocycles. The van der Waals surface area contributed by atoms with Gasteiger partial charge in [0.15, 0.2) is 0 Å². The van der Waals surface area contributed by atoms with E-state index in [0.29, 0.717) is 49.7 Å². The van der Waals surface area contributed by atoms with Gasteiger partial charge in [-0.15, -0.1) is 0 Å². The van der Waals surface area contributed by atoms with Crippen molar-refractivity contribution >= 4 is 34.8 Å². The smallest absolute Gasteiger partial charge is 0.272 e. The summed E-state index contributed by atoms with van der Waals surface area (Å²) < 4.78 is 22.7. The van der Waals surface area contributed by atoms with Gasteiger partial charge in [0.25, 0.3) is 5.91 Å². The van der Waals surface area contributed by atoms with Crippen LogP contribution in [0, 0.1) is 17.3 Å². The molecule has 4 aliphatic heterocycles. The van der Waals surface area contributed by atoms with Crippen molar-refractivity contribution in [3.8, 4) is 0 Å². The summed E-state index contributed by atoms with van der Waals surface area (Å²) in [5.74, 6) is -0.309. The fourth-order valence-corrected chi connectivity index (χ4v) is 8.74. The molecule has 4 fully saturated rings. The normalized spacial score (nSPS) is 31.1. The largest absolute Gasteiger partial charge is 0.384 e. The number of anilines is 2. The molecular weight excluding hydrogens is 627 g/mol. The summed E-state index contributed by atoms with van der Waals surface area (Å²) in [5.41, 5.74) is 6.45. The van der Waals surface area contributed by atoms with Crippen LogP contribution in [-0.4, -0.2) is 96.8 Å². The quantitative estimate of drug-likeness (QED) is 0.343. The average Bonchev–Trinajstić information content (AvgIpc) is 3.72. The molecule has 5 heterocycles. The Morgan fingerprint density at radius 1 is 1.10 bits per heavy atom. The first-order valence-electron chi connectivity index (χ1n) is 17.9. The lowest BCUT2D eigenvalue weighted by Crippen LogP contribution is -2.46. The first-order valence-corrected chi connectivity index (χ1v) is 17.9. The summed E-state index contributed by atoms with van der Waals surface area (Å²) in [5, 5.41) is 14.2. The molecule has 3 unspecified atom stereocenters. The third kappa shape index (κ3) is 7.38. The number of aromatic nitrogens is 2. The van der Waals surface area contributed by atoms with E-state index >= 15 is 4.39 Å². The van der Waals surface area contributed by atoms with Crippen LogP contribution in [0.2, 0.25) is 0 Å². The van der Waals surface area contributed by atoms with Gasteiger partial charge in [0.05, 0.1) is 36.5 Å². The predicted molar refractivity (Wildman–Crippen MR) is 184 cm³/mol. The van der Waals surface area contributed by atoms with E-state index in [9.17, 15) is 14.4 Å². The van der Waals surface area contributed by atoms with Gasteiger partial charge in [-0.25, -0.2) is 4.39 Å². The number of carbonyl (C=O) groups excluding carboxylic acids is 3. The lowest BCUT2D eigenvalue weighted by molar-refractivity contribution is -0.134. The summed E-state index contributed by atoms with van der Waals surface area (Å²) in [6.07, 6.45) is 8.75. The van der Waals surface area contributed by atoms with Crippen LogP contribution in [0.25, 0.3) is 0 Å². The topological polar surface area (TPSA) is 133 Å². The Labute approximate surface area is 287 Å². The highest BCUT2D eigenvalue weighted by Crippen LogP contribution is 2.41. The molecule has 3 saturated heterocycles. The van der Waals surface area contributed by atoms with Crippen LogP contribution in [0.1, 0.15) is 75.8 Å². The van der Waals surface area contributed by atoms with Gasteiger partial charge in [0.1, 0.15) is 11.9 Å². The van der Waals surface area contributed by atoms with Crippen molar-refractivity contribution in [2.24, 2.45) is 22.4 Å². The van der Waals surface area contributed by atoms with Gasteiger partial charge in [-0.3, -0.25) is 24.4 Å². The van der Waals surface area contributed by atoms with Gasteiger partial charge in [-0.2, -0.15) is 10.2 Å². The molecule has 3 amide bonds. The second kappa shape index (κ2) is 14.2. The minimum Gasteiger partial charge on any atom is -0.384 e. The summed E-state index contributed by atoms with van der Waals surface area (Å²) in [6, 6.07) is 7.95. The number of carbonyl (C=O) groups is 3. The molecule has 1 aliphatic carbocycles. The van der Waals surface area contributed by atoms with Crippen LogP contribution in [0.5, 0.6) is 0 Å². The number of amides is 3. The Bertz CT molecular complexity index is 1560. The number of fused-ring (bicyclic) bond motifs is 1. The van der Waals surface area contributed by atoms with Crippen LogP contribution in [-0.2, 0) is 19.1 Å². The summed E-state index contributed by atoms with van der Waals surface area (Å²) >= 11 is 0. The number of hydrazone groups is 1. The van der Waals surface area contributed by atoms with Crippen molar-refractivity contribution in [2.75, 3.05) is 56.7 Å². The van der Waals surface area contributed by atoms with Crippen LogP contribution < -0.4 is 21.0 Å². The van der Waals surface area contributed by atoms with Gasteiger partial charge in [-0.05, 0) is 74.0 Å². The third-order valence-electron chi connectivity index (χ3n) is 11.5. The molecular formula is C36H49FN8O4. The maximum Gasteiger partial charge on any atom is 0.272 e. The van der Waals surface area contributed by atoms with Crippen molar-refractivity contribution in [3.05, 3.63) is 42.2 Å². The SMILES string of the molecule is COC[C@@]1(C)CCC2C(C(=O)Nc3cnn([C@H]4CCN(CC5CCN(c6ccc(C7CCC(=O)NC7=O)cc6)CC5)C[C@@H]4F)c3)=NNC2C1.